The molecule has 0 aromatic heterocycles. The van der Waals surface area contributed by atoms with E-state index in [2.05, 4.69) is 16.0 Å². The minimum absolute atomic E-state index is 0.0212. The van der Waals surface area contributed by atoms with Crippen LogP contribution in [0.25, 0.3) is 11.1 Å². The number of hydrogen-bond acceptors (Lipinski definition) is 6. The van der Waals surface area contributed by atoms with Crippen LogP contribution in [0.5, 0.6) is 5.75 Å². The number of rotatable bonds is 11. The fourth-order valence-corrected chi connectivity index (χ4v) is 6.57. The highest BCUT2D eigenvalue weighted by atomic mass is 19.1. The van der Waals surface area contributed by atoms with Crippen molar-refractivity contribution in [1.82, 2.24) is 20.9 Å². The Morgan fingerprint density at radius 2 is 1.84 bits per heavy atom. The van der Waals surface area contributed by atoms with E-state index < -0.39 is 53.1 Å². The second-order valence-corrected chi connectivity index (χ2v) is 12.2. The van der Waals surface area contributed by atoms with E-state index in [0.29, 0.717) is 30.8 Å². The van der Waals surface area contributed by atoms with Crippen LogP contribution in [0.4, 0.5) is 8.78 Å². The molecular formula is C32H36F2N4O6. The Bertz CT molecular complexity index is 1480. The molecule has 5 atom stereocenters. The van der Waals surface area contributed by atoms with Crippen LogP contribution in [-0.4, -0.2) is 72.6 Å². The first-order valence-electron chi connectivity index (χ1n) is 14.8. The maximum absolute atomic E-state index is 14.2. The number of likely N-dealkylation sites (N-methyl/N-ethyl adjacent to an activating group) is 1. The zero-order valence-corrected chi connectivity index (χ0v) is 24.8. The van der Waals surface area contributed by atoms with E-state index in [1.165, 1.54) is 17.0 Å². The van der Waals surface area contributed by atoms with Gasteiger partial charge in [-0.2, -0.15) is 0 Å². The molecule has 12 heteroatoms. The molecule has 3 aliphatic rings. The Labute approximate surface area is 253 Å². The minimum Gasteiger partial charge on any atom is -0.484 e. The van der Waals surface area contributed by atoms with Crippen LogP contribution in [0, 0.1) is 34.8 Å². The van der Waals surface area contributed by atoms with Crippen LogP contribution in [0.1, 0.15) is 33.6 Å². The molecule has 0 bridgehead atoms. The van der Waals surface area contributed by atoms with Crippen LogP contribution in [-0.2, 0) is 24.0 Å². The Morgan fingerprint density at radius 3 is 2.48 bits per heavy atom. The van der Waals surface area contributed by atoms with E-state index >= 15 is 0 Å². The van der Waals surface area contributed by atoms with Crippen LogP contribution in [0.15, 0.2) is 42.5 Å². The quantitative estimate of drug-likeness (QED) is 0.334. The highest BCUT2D eigenvalue weighted by Crippen LogP contribution is 2.64. The van der Waals surface area contributed by atoms with Gasteiger partial charge in [-0.05, 0) is 66.8 Å². The Kier molecular flexibility index (Phi) is 8.71. The van der Waals surface area contributed by atoms with Gasteiger partial charge in [0.2, 0.25) is 17.6 Å². The summed E-state index contributed by atoms with van der Waals surface area (Å²) in [4.78, 5) is 66.2. The fourth-order valence-electron chi connectivity index (χ4n) is 6.57. The van der Waals surface area contributed by atoms with Crippen molar-refractivity contribution >= 4 is 29.4 Å². The molecule has 3 fully saturated rings. The number of ketones is 1. The van der Waals surface area contributed by atoms with E-state index in [4.69, 9.17) is 4.74 Å². The number of nitrogens with one attached hydrogen (secondary N) is 3. The zero-order chi connectivity index (χ0) is 31.8. The predicted octanol–water partition coefficient (Wildman–Crippen LogP) is 2.21. The summed E-state index contributed by atoms with van der Waals surface area (Å²) in [5, 5.41) is 7.87. The first-order valence-corrected chi connectivity index (χ1v) is 14.8. The lowest BCUT2D eigenvalue weighted by atomic mass is 9.94. The second kappa shape index (κ2) is 12.3. The van der Waals surface area contributed by atoms with Gasteiger partial charge in [-0.1, -0.05) is 26.0 Å². The summed E-state index contributed by atoms with van der Waals surface area (Å²) in [6.45, 7) is 6.36. The van der Waals surface area contributed by atoms with E-state index in [1.807, 2.05) is 13.8 Å². The Hall–Kier alpha value is -4.35. The van der Waals surface area contributed by atoms with E-state index in [1.54, 1.807) is 31.2 Å². The smallest absolute Gasteiger partial charge is 0.289 e. The highest BCUT2D eigenvalue weighted by Gasteiger charge is 2.69. The lowest BCUT2D eigenvalue weighted by Gasteiger charge is -2.31. The van der Waals surface area contributed by atoms with Gasteiger partial charge in [0.15, 0.2) is 6.61 Å². The number of halogens is 2. The van der Waals surface area contributed by atoms with Crippen molar-refractivity contribution < 1.29 is 37.5 Å². The summed E-state index contributed by atoms with van der Waals surface area (Å²) in [6.07, 6.45) is 0.462. The number of fused-ring (bicyclic) bond motifs is 1. The van der Waals surface area contributed by atoms with Gasteiger partial charge in [0.1, 0.15) is 23.4 Å². The van der Waals surface area contributed by atoms with Crippen molar-refractivity contribution in [3.8, 4) is 16.9 Å². The Morgan fingerprint density at radius 1 is 1.11 bits per heavy atom. The SMILES string of the molecule is CCNC(=O)C(=O)[C@H](C[C@@H]1CCNC1=O)NC(=O)[C@@H]1[C@@H]2[C@H](CN1C(=O)COc1ccc(-c3ccc(F)cc3F)cc1)C2(C)C. The molecule has 3 N–H and O–H groups in total. The van der Waals surface area contributed by atoms with Crippen molar-refractivity contribution in [2.24, 2.45) is 23.2 Å². The van der Waals surface area contributed by atoms with Crippen molar-refractivity contribution in [1.29, 1.82) is 0 Å². The van der Waals surface area contributed by atoms with Gasteiger partial charge in [-0.15, -0.1) is 0 Å². The molecule has 2 aliphatic heterocycles. The normalized spacial score (nSPS) is 23.8. The van der Waals surface area contributed by atoms with Gasteiger partial charge in [0.05, 0.1) is 6.04 Å². The number of piperidine rings is 1. The van der Waals surface area contributed by atoms with Gasteiger partial charge in [0, 0.05) is 37.2 Å². The number of carbonyl (C=O) groups is 5. The fraction of sp³-hybridized carbons (Fsp3) is 0.469. The van der Waals surface area contributed by atoms with Gasteiger partial charge in [-0.25, -0.2) is 8.78 Å². The minimum atomic E-state index is -1.22. The first-order chi connectivity index (χ1) is 20.9. The van der Waals surface area contributed by atoms with Crippen LogP contribution >= 0.6 is 0 Å². The summed E-state index contributed by atoms with van der Waals surface area (Å²) in [5.74, 6) is -4.52. The average molecular weight is 611 g/mol. The number of carbonyl (C=O) groups excluding carboxylic acids is 5. The van der Waals surface area contributed by atoms with Crippen molar-refractivity contribution in [3.05, 3.63) is 54.1 Å². The summed E-state index contributed by atoms with van der Waals surface area (Å²) in [5.41, 5.74) is 0.529. The molecule has 2 aromatic rings. The van der Waals surface area contributed by atoms with Crippen molar-refractivity contribution in [3.63, 3.8) is 0 Å². The van der Waals surface area contributed by atoms with Crippen LogP contribution < -0.4 is 20.7 Å². The maximum Gasteiger partial charge on any atom is 0.289 e. The molecule has 0 spiro atoms. The van der Waals surface area contributed by atoms with Gasteiger partial charge < -0.3 is 25.6 Å². The van der Waals surface area contributed by atoms with E-state index in [9.17, 15) is 32.8 Å². The van der Waals surface area contributed by atoms with E-state index in [0.717, 1.165) is 6.07 Å². The number of amides is 4. The monoisotopic (exact) mass is 610 g/mol. The molecule has 0 radical (unpaired) electrons. The van der Waals surface area contributed by atoms with Crippen molar-refractivity contribution in [2.75, 3.05) is 26.2 Å². The molecule has 4 amide bonds. The summed E-state index contributed by atoms with van der Waals surface area (Å²) >= 11 is 0. The third-order valence-corrected chi connectivity index (χ3v) is 9.13. The molecule has 44 heavy (non-hydrogen) atoms. The molecule has 2 heterocycles. The molecular weight excluding hydrogens is 574 g/mol. The molecule has 1 aliphatic carbocycles. The average Bonchev–Trinajstić information content (AvgIpc) is 3.32. The van der Waals surface area contributed by atoms with Crippen molar-refractivity contribution in [2.45, 2.75) is 45.7 Å². The molecule has 2 aromatic carbocycles. The van der Waals surface area contributed by atoms with Gasteiger partial charge in [-0.3, -0.25) is 24.0 Å². The molecule has 2 saturated heterocycles. The standard InChI is InChI=1S/C32H36F2N4O6/c1-4-35-31(43)28(40)24(13-18-11-12-36-29(18)41)37-30(42)27-26-22(32(26,2)3)15-38(27)25(39)16-44-20-8-5-17(6-9-20)21-10-7-19(33)14-23(21)34/h5-10,14,18,22,24,26-27H,4,11-13,15-16H2,1-3H3,(H,35,43)(H,36,41)(H,37,42)/t18-,22-,24-,26-,27-/m0/s1. The third kappa shape index (κ3) is 6.15. The molecule has 5 rings (SSSR count). The van der Waals surface area contributed by atoms with E-state index in [-0.39, 0.29) is 48.3 Å². The lowest BCUT2D eigenvalue weighted by Crippen LogP contribution is -2.56. The lowest BCUT2D eigenvalue weighted by molar-refractivity contribution is -0.144. The zero-order valence-electron chi connectivity index (χ0n) is 24.8. The topological polar surface area (TPSA) is 134 Å². The third-order valence-electron chi connectivity index (χ3n) is 9.13. The van der Waals surface area contributed by atoms with Gasteiger partial charge in [0.25, 0.3) is 11.8 Å². The predicted molar refractivity (Wildman–Crippen MR) is 155 cm³/mol. The number of ether oxygens (including phenoxy) is 1. The molecule has 1 saturated carbocycles. The van der Waals surface area contributed by atoms with Crippen LogP contribution in [0.3, 0.4) is 0 Å². The first kappa shape index (κ1) is 31.1. The number of likely N-dealkylation sites (tertiary alicyclic amines) is 1. The number of benzene rings is 2. The maximum atomic E-state index is 14.2. The van der Waals surface area contributed by atoms with Gasteiger partial charge >= 0.3 is 0 Å². The summed E-state index contributed by atoms with van der Waals surface area (Å²) in [6, 6.07) is 7.53. The highest BCUT2D eigenvalue weighted by molar-refractivity contribution is 6.38. The summed E-state index contributed by atoms with van der Waals surface area (Å²) < 4.78 is 33.1. The summed E-state index contributed by atoms with van der Waals surface area (Å²) in [7, 11) is 0. The molecule has 0 unspecified atom stereocenters. The van der Waals surface area contributed by atoms with Crippen LogP contribution in [0.2, 0.25) is 0 Å². The Balaban J connectivity index is 1.27. The number of hydrogen-bond donors (Lipinski definition) is 3. The molecule has 10 nitrogen and oxygen atoms in total. The number of Topliss-reactive ketones (excluding diaryl/α,β-unsaturated/α-hetero) is 1. The largest absolute Gasteiger partial charge is 0.484 e. The molecule has 234 valence electrons. The second-order valence-electron chi connectivity index (χ2n) is 12.2. The number of nitrogens with zero attached hydrogens (tertiary/aromatic N) is 1.